The molecule has 1 N–H and O–H groups in total. The maximum atomic E-state index is 12.3. The Kier molecular flexibility index (Phi) is 4.71. The van der Waals surface area contributed by atoms with Crippen LogP contribution in [-0.4, -0.2) is 36.1 Å². The highest BCUT2D eigenvalue weighted by Crippen LogP contribution is 2.19. The summed E-state index contributed by atoms with van der Waals surface area (Å²) in [6, 6.07) is 8.79. The van der Waals surface area contributed by atoms with Gasteiger partial charge < -0.3 is 15.0 Å². The van der Waals surface area contributed by atoms with Crippen LogP contribution in [0.2, 0.25) is 0 Å². The first-order chi connectivity index (χ1) is 11.3. The lowest BCUT2D eigenvalue weighted by atomic mass is 10.1. The zero-order valence-electron chi connectivity index (χ0n) is 13.2. The van der Waals surface area contributed by atoms with Gasteiger partial charge in [-0.1, -0.05) is 0 Å². The fraction of sp³-hybridized carbons (Fsp3) is 0.353. The van der Waals surface area contributed by atoms with E-state index in [9.17, 15) is 4.79 Å². The van der Waals surface area contributed by atoms with Crippen LogP contribution in [0.15, 0.2) is 36.7 Å². The molecule has 6 nitrogen and oxygen atoms in total. The van der Waals surface area contributed by atoms with Gasteiger partial charge in [0, 0.05) is 24.7 Å². The zero-order chi connectivity index (χ0) is 16.1. The molecule has 0 unspecified atom stereocenters. The second-order valence-corrected chi connectivity index (χ2v) is 5.49. The predicted octanol–water partition coefficient (Wildman–Crippen LogP) is 2.73. The summed E-state index contributed by atoms with van der Waals surface area (Å²) in [6.07, 6.45) is 5.12. The van der Waals surface area contributed by atoms with Gasteiger partial charge in [0.1, 0.15) is 23.7 Å². The summed E-state index contributed by atoms with van der Waals surface area (Å²) in [5, 5.41) is 2.82. The highest BCUT2D eigenvalue weighted by atomic mass is 16.5. The molecule has 1 aliphatic heterocycles. The molecule has 0 saturated carbocycles. The smallest absolute Gasteiger partial charge is 0.256 e. The van der Waals surface area contributed by atoms with Gasteiger partial charge in [-0.05, 0) is 43.5 Å². The molecule has 1 fully saturated rings. The van der Waals surface area contributed by atoms with Crippen LogP contribution in [0.1, 0.15) is 29.6 Å². The van der Waals surface area contributed by atoms with E-state index in [1.807, 2.05) is 6.07 Å². The van der Waals surface area contributed by atoms with Crippen LogP contribution < -0.4 is 15.0 Å². The second kappa shape index (κ2) is 7.09. The van der Waals surface area contributed by atoms with Crippen LogP contribution >= 0.6 is 0 Å². The molecule has 6 heteroatoms. The monoisotopic (exact) mass is 312 g/mol. The maximum absolute atomic E-state index is 12.3. The van der Waals surface area contributed by atoms with E-state index < -0.39 is 0 Å². The average molecular weight is 312 g/mol. The van der Waals surface area contributed by atoms with E-state index in [1.54, 1.807) is 31.4 Å². The van der Waals surface area contributed by atoms with Crippen molar-refractivity contribution >= 4 is 17.5 Å². The number of benzene rings is 1. The molecule has 1 saturated heterocycles. The summed E-state index contributed by atoms with van der Waals surface area (Å²) < 4.78 is 5.09. The summed E-state index contributed by atoms with van der Waals surface area (Å²) in [5.74, 6) is 1.90. The lowest BCUT2D eigenvalue weighted by molar-refractivity contribution is 0.102. The maximum Gasteiger partial charge on any atom is 0.256 e. The Labute approximate surface area is 135 Å². The van der Waals surface area contributed by atoms with Crippen LogP contribution in [0.4, 0.5) is 11.6 Å². The molecule has 2 aromatic rings. The minimum atomic E-state index is -0.198. The number of methoxy groups -OCH3 is 1. The molecular weight excluding hydrogens is 292 g/mol. The number of aromatic nitrogens is 2. The number of nitrogens with zero attached hydrogens (tertiary/aromatic N) is 3. The standard InChI is InChI=1S/C17H20N4O2/c1-23-14-7-5-13(6-8-14)17(22)20-15-11-16(19-12-18-15)21-9-3-2-4-10-21/h5-8,11-12H,2-4,9-10H2,1H3,(H,18,19,20,22). The number of anilines is 2. The molecule has 1 aromatic heterocycles. The van der Waals surface area contributed by atoms with Crippen LogP contribution in [0, 0.1) is 0 Å². The van der Waals surface area contributed by atoms with Gasteiger partial charge in [0.15, 0.2) is 0 Å². The highest BCUT2D eigenvalue weighted by Gasteiger charge is 2.14. The number of piperidine rings is 1. The Hall–Kier alpha value is -2.63. The van der Waals surface area contributed by atoms with Crippen molar-refractivity contribution < 1.29 is 9.53 Å². The van der Waals surface area contributed by atoms with Crippen molar-refractivity contribution in [3.8, 4) is 5.75 Å². The topological polar surface area (TPSA) is 67.3 Å². The molecule has 23 heavy (non-hydrogen) atoms. The number of rotatable bonds is 4. The van der Waals surface area contributed by atoms with Crippen molar-refractivity contribution in [2.24, 2.45) is 0 Å². The van der Waals surface area contributed by atoms with Crippen LogP contribution in [0.25, 0.3) is 0 Å². The molecule has 1 amide bonds. The van der Waals surface area contributed by atoms with Crippen molar-refractivity contribution in [2.45, 2.75) is 19.3 Å². The molecule has 1 aromatic carbocycles. The lowest BCUT2D eigenvalue weighted by Gasteiger charge is -2.27. The second-order valence-electron chi connectivity index (χ2n) is 5.49. The minimum absolute atomic E-state index is 0.198. The van der Waals surface area contributed by atoms with E-state index in [4.69, 9.17) is 4.74 Å². The Bertz CT molecular complexity index is 667. The SMILES string of the molecule is COc1ccc(C(=O)Nc2cc(N3CCCCC3)ncn2)cc1. The molecule has 0 aliphatic carbocycles. The van der Waals surface area contributed by atoms with E-state index in [1.165, 1.54) is 25.6 Å². The van der Waals surface area contributed by atoms with E-state index in [-0.39, 0.29) is 5.91 Å². The highest BCUT2D eigenvalue weighted by molar-refractivity contribution is 6.03. The summed E-state index contributed by atoms with van der Waals surface area (Å²) in [7, 11) is 1.60. The van der Waals surface area contributed by atoms with Gasteiger partial charge in [0.05, 0.1) is 7.11 Å². The van der Waals surface area contributed by atoms with Crippen LogP contribution in [-0.2, 0) is 0 Å². The van der Waals surface area contributed by atoms with Crippen molar-refractivity contribution in [2.75, 3.05) is 30.4 Å². The fourth-order valence-corrected chi connectivity index (χ4v) is 2.64. The number of carbonyl (C=O) groups excluding carboxylic acids is 1. The number of amides is 1. The van der Waals surface area contributed by atoms with Gasteiger partial charge in [0.25, 0.3) is 5.91 Å². The molecule has 0 spiro atoms. The zero-order valence-corrected chi connectivity index (χ0v) is 13.2. The molecule has 0 bridgehead atoms. The number of ether oxygens (including phenoxy) is 1. The molecular formula is C17H20N4O2. The molecule has 120 valence electrons. The van der Waals surface area contributed by atoms with Gasteiger partial charge in [-0.25, -0.2) is 9.97 Å². The van der Waals surface area contributed by atoms with Gasteiger partial charge in [0.2, 0.25) is 0 Å². The molecule has 1 aliphatic rings. The first-order valence-electron chi connectivity index (χ1n) is 7.78. The number of nitrogens with one attached hydrogen (secondary N) is 1. The van der Waals surface area contributed by atoms with Gasteiger partial charge in [-0.2, -0.15) is 0 Å². The summed E-state index contributed by atoms with van der Waals surface area (Å²) in [5.41, 5.74) is 0.559. The summed E-state index contributed by atoms with van der Waals surface area (Å²) in [6.45, 7) is 2.01. The number of carbonyl (C=O) groups is 1. The number of hydrogen-bond donors (Lipinski definition) is 1. The quantitative estimate of drug-likeness (QED) is 0.940. The molecule has 3 rings (SSSR count). The lowest BCUT2D eigenvalue weighted by Crippen LogP contribution is -2.30. The van der Waals surface area contributed by atoms with E-state index in [0.717, 1.165) is 24.7 Å². The van der Waals surface area contributed by atoms with Gasteiger partial charge in [-0.3, -0.25) is 4.79 Å². The largest absolute Gasteiger partial charge is 0.497 e. The summed E-state index contributed by atoms with van der Waals surface area (Å²) >= 11 is 0. The normalized spacial score (nSPS) is 14.4. The molecule has 0 radical (unpaired) electrons. The predicted molar refractivity (Wildman–Crippen MR) is 89.0 cm³/mol. The first-order valence-corrected chi connectivity index (χ1v) is 7.78. The number of hydrogen-bond acceptors (Lipinski definition) is 5. The Morgan fingerprint density at radius 1 is 1.13 bits per heavy atom. The minimum Gasteiger partial charge on any atom is -0.497 e. The summed E-state index contributed by atoms with van der Waals surface area (Å²) in [4.78, 5) is 23.0. The third kappa shape index (κ3) is 3.77. The molecule has 2 heterocycles. The Morgan fingerprint density at radius 2 is 1.87 bits per heavy atom. The average Bonchev–Trinajstić information content (AvgIpc) is 2.63. The Morgan fingerprint density at radius 3 is 2.57 bits per heavy atom. The van der Waals surface area contributed by atoms with E-state index in [2.05, 4.69) is 20.2 Å². The van der Waals surface area contributed by atoms with Gasteiger partial charge in [-0.15, -0.1) is 0 Å². The fourth-order valence-electron chi connectivity index (χ4n) is 2.64. The van der Waals surface area contributed by atoms with Crippen molar-refractivity contribution in [1.29, 1.82) is 0 Å². The third-order valence-corrected chi connectivity index (χ3v) is 3.93. The Balaban J connectivity index is 1.70. The molecule has 0 atom stereocenters. The van der Waals surface area contributed by atoms with Crippen molar-refractivity contribution in [1.82, 2.24) is 9.97 Å². The van der Waals surface area contributed by atoms with Gasteiger partial charge >= 0.3 is 0 Å². The van der Waals surface area contributed by atoms with Crippen LogP contribution in [0.5, 0.6) is 5.75 Å². The van der Waals surface area contributed by atoms with Crippen molar-refractivity contribution in [3.05, 3.63) is 42.2 Å². The first kappa shape index (κ1) is 15.3. The van der Waals surface area contributed by atoms with Crippen molar-refractivity contribution in [3.63, 3.8) is 0 Å². The van der Waals surface area contributed by atoms with E-state index >= 15 is 0 Å². The third-order valence-electron chi connectivity index (χ3n) is 3.93. The van der Waals surface area contributed by atoms with Crippen LogP contribution in [0.3, 0.4) is 0 Å². The van der Waals surface area contributed by atoms with E-state index in [0.29, 0.717) is 11.4 Å².